The predicted molar refractivity (Wildman–Crippen MR) is 128 cm³/mol. The quantitative estimate of drug-likeness (QED) is 0.446. The summed E-state index contributed by atoms with van der Waals surface area (Å²) >= 11 is 1.64. The van der Waals surface area contributed by atoms with Crippen LogP contribution in [0.15, 0.2) is 60.7 Å². The number of hydrogen-bond donors (Lipinski definition) is 2. The number of benzene rings is 2. The van der Waals surface area contributed by atoms with Gasteiger partial charge in [0.15, 0.2) is 0 Å². The molecule has 0 spiro atoms. The monoisotopic (exact) mass is 444 g/mol. The zero-order chi connectivity index (χ0) is 22.5. The molecule has 6 nitrogen and oxygen atoms in total. The van der Waals surface area contributed by atoms with Gasteiger partial charge in [-0.05, 0) is 36.8 Å². The summed E-state index contributed by atoms with van der Waals surface area (Å²) in [6, 6.07) is 19.6. The average Bonchev–Trinajstić information content (AvgIpc) is 3.24. The Kier molecular flexibility index (Phi) is 6.56. The lowest BCUT2D eigenvalue weighted by Gasteiger charge is -2.08. The van der Waals surface area contributed by atoms with Crippen molar-refractivity contribution in [3.63, 3.8) is 0 Å². The third kappa shape index (κ3) is 5.00. The minimum atomic E-state index is -0.143. The summed E-state index contributed by atoms with van der Waals surface area (Å²) in [4.78, 5) is 33.2. The first-order valence-electron chi connectivity index (χ1n) is 10.4. The lowest BCUT2D eigenvalue weighted by Crippen LogP contribution is -2.22. The molecule has 2 aromatic heterocycles. The van der Waals surface area contributed by atoms with E-state index in [0.29, 0.717) is 30.6 Å². The van der Waals surface area contributed by atoms with E-state index in [0.717, 1.165) is 32.0 Å². The number of rotatable bonds is 7. The number of hydrogen-bond acceptors (Lipinski definition) is 5. The summed E-state index contributed by atoms with van der Waals surface area (Å²) in [5.41, 5.74) is 5.03. The number of nitrogens with one attached hydrogen (secondary N) is 2. The van der Waals surface area contributed by atoms with Crippen molar-refractivity contribution in [1.29, 1.82) is 0 Å². The van der Waals surface area contributed by atoms with Gasteiger partial charge in [-0.1, -0.05) is 36.4 Å². The van der Waals surface area contributed by atoms with Gasteiger partial charge < -0.3 is 10.6 Å². The molecule has 2 N–H and O–H groups in total. The Morgan fingerprint density at radius 3 is 2.47 bits per heavy atom. The molecule has 0 bridgehead atoms. The highest BCUT2D eigenvalue weighted by atomic mass is 32.1. The number of nitrogens with zero attached hydrogens (tertiary/aromatic N) is 2. The number of aryl methyl sites for hydroxylation is 2. The molecule has 0 aliphatic heterocycles. The minimum Gasteiger partial charge on any atom is -0.355 e. The largest absolute Gasteiger partial charge is 0.355 e. The molecule has 2 amide bonds. The summed E-state index contributed by atoms with van der Waals surface area (Å²) in [6.45, 7) is 2.30. The number of aromatic nitrogens is 2. The molecule has 32 heavy (non-hydrogen) atoms. The molecule has 0 unspecified atom stereocenters. The van der Waals surface area contributed by atoms with Crippen molar-refractivity contribution < 1.29 is 9.59 Å². The molecule has 0 aliphatic carbocycles. The second-order valence-electron chi connectivity index (χ2n) is 7.46. The number of thiazole rings is 1. The molecule has 162 valence electrons. The van der Waals surface area contributed by atoms with Crippen molar-refractivity contribution >= 4 is 33.4 Å². The highest BCUT2D eigenvalue weighted by molar-refractivity contribution is 7.18. The standard InChI is InChI=1S/C25H24N4O2S/c1-16-19(25(31)26-2)11-12-20(28-16)18-9-7-17(8-10-18)15-27-23(30)13-14-24-29-21-5-3-4-6-22(21)32-24/h3-12H,13-15H2,1-2H3,(H,26,31)(H,27,30). The number of carbonyl (C=O) groups is 2. The van der Waals surface area contributed by atoms with Crippen LogP contribution in [0.4, 0.5) is 0 Å². The SMILES string of the molecule is CNC(=O)c1ccc(-c2ccc(CNC(=O)CCc3nc4ccccc4s3)cc2)nc1C. The normalized spacial score (nSPS) is 10.8. The molecule has 4 aromatic rings. The Labute approximate surface area is 190 Å². The van der Waals surface area contributed by atoms with E-state index in [9.17, 15) is 9.59 Å². The Morgan fingerprint density at radius 2 is 1.75 bits per heavy atom. The van der Waals surface area contributed by atoms with Crippen molar-refractivity contribution in [2.24, 2.45) is 0 Å². The first kappa shape index (κ1) is 21.6. The van der Waals surface area contributed by atoms with E-state index in [1.54, 1.807) is 24.5 Å². The van der Waals surface area contributed by atoms with E-state index >= 15 is 0 Å². The molecule has 0 radical (unpaired) electrons. The molecule has 2 aromatic carbocycles. The fourth-order valence-electron chi connectivity index (χ4n) is 3.43. The van der Waals surface area contributed by atoms with E-state index < -0.39 is 0 Å². The van der Waals surface area contributed by atoms with E-state index in [1.807, 2.05) is 61.5 Å². The number of amides is 2. The molecular weight excluding hydrogens is 420 g/mol. The average molecular weight is 445 g/mol. The molecule has 4 rings (SSSR count). The first-order valence-corrected chi connectivity index (χ1v) is 11.3. The van der Waals surface area contributed by atoms with Crippen LogP contribution in [0.5, 0.6) is 0 Å². The van der Waals surface area contributed by atoms with Crippen LogP contribution >= 0.6 is 11.3 Å². The smallest absolute Gasteiger partial charge is 0.252 e. The van der Waals surface area contributed by atoms with Crippen molar-refractivity contribution in [3.8, 4) is 11.3 Å². The van der Waals surface area contributed by atoms with Gasteiger partial charge in [-0.25, -0.2) is 4.98 Å². The topological polar surface area (TPSA) is 84.0 Å². The summed E-state index contributed by atoms with van der Waals surface area (Å²) in [5, 5.41) is 6.58. The van der Waals surface area contributed by atoms with Gasteiger partial charge in [-0.3, -0.25) is 14.6 Å². The van der Waals surface area contributed by atoms with E-state index in [4.69, 9.17) is 0 Å². The van der Waals surface area contributed by atoms with Crippen LogP contribution in [0.25, 0.3) is 21.5 Å². The van der Waals surface area contributed by atoms with Gasteiger partial charge in [0.25, 0.3) is 5.91 Å². The zero-order valence-electron chi connectivity index (χ0n) is 18.0. The lowest BCUT2D eigenvalue weighted by molar-refractivity contribution is -0.121. The molecule has 2 heterocycles. The first-order chi connectivity index (χ1) is 15.5. The van der Waals surface area contributed by atoms with Crippen LogP contribution in [-0.4, -0.2) is 28.8 Å². The van der Waals surface area contributed by atoms with Crippen LogP contribution < -0.4 is 10.6 Å². The maximum Gasteiger partial charge on any atom is 0.252 e. The predicted octanol–water partition coefficient (Wildman–Crippen LogP) is 4.28. The molecule has 0 fully saturated rings. The number of fused-ring (bicyclic) bond motifs is 1. The number of carbonyl (C=O) groups excluding carboxylic acids is 2. The van der Waals surface area contributed by atoms with Gasteiger partial charge in [0.2, 0.25) is 5.91 Å². The van der Waals surface area contributed by atoms with Gasteiger partial charge in [-0.2, -0.15) is 0 Å². The van der Waals surface area contributed by atoms with Gasteiger partial charge in [0, 0.05) is 32.0 Å². The van der Waals surface area contributed by atoms with Crippen LogP contribution in [0, 0.1) is 6.92 Å². The summed E-state index contributed by atoms with van der Waals surface area (Å²) < 4.78 is 1.15. The van der Waals surface area contributed by atoms with Crippen LogP contribution in [0.2, 0.25) is 0 Å². The molecule has 7 heteroatoms. The highest BCUT2D eigenvalue weighted by Gasteiger charge is 2.10. The Hall–Kier alpha value is -3.58. The van der Waals surface area contributed by atoms with Crippen LogP contribution in [-0.2, 0) is 17.8 Å². The second kappa shape index (κ2) is 9.70. The Balaban J connectivity index is 1.31. The zero-order valence-corrected chi connectivity index (χ0v) is 18.8. The van der Waals surface area contributed by atoms with E-state index in [2.05, 4.69) is 20.6 Å². The summed E-state index contributed by atoms with van der Waals surface area (Å²) in [5.74, 6) is -0.133. The van der Waals surface area contributed by atoms with Crippen molar-refractivity contribution in [1.82, 2.24) is 20.6 Å². The maximum absolute atomic E-state index is 12.3. The van der Waals surface area contributed by atoms with Crippen molar-refractivity contribution in [3.05, 3.63) is 82.5 Å². The number of para-hydroxylation sites is 1. The second-order valence-corrected chi connectivity index (χ2v) is 8.57. The van der Waals surface area contributed by atoms with Crippen molar-refractivity contribution in [2.75, 3.05) is 7.05 Å². The summed E-state index contributed by atoms with van der Waals surface area (Å²) in [6.07, 6.45) is 1.06. The third-order valence-corrected chi connectivity index (χ3v) is 6.30. The minimum absolute atomic E-state index is 0.00964. The summed E-state index contributed by atoms with van der Waals surface area (Å²) in [7, 11) is 1.61. The Morgan fingerprint density at radius 1 is 0.969 bits per heavy atom. The van der Waals surface area contributed by atoms with Gasteiger partial charge in [0.1, 0.15) is 0 Å². The molecule has 0 atom stereocenters. The van der Waals surface area contributed by atoms with Gasteiger partial charge in [-0.15, -0.1) is 11.3 Å². The van der Waals surface area contributed by atoms with Gasteiger partial charge in [0.05, 0.1) is 32.2 Å². The van der Waals surface area contributed by atoms with E-state index in [1.165, 1.54) is 0 Å². The molecule has 0 saturated carbocycles. The number of pyridine rings is 1. The van der Waals surface area contributed by atoms with Crippen LogP contribution in [0.3, 0.4) is 0 Å². The molecular formula is C25H24N4O2S. The fraction of sp³-hybridized carbons (Fsp3) is 0.200. The highest BCUT2D eigenvalue weighted by Crippen LogP contribution is 2.22. The van der Waals surface area contributed by atoms with Crippen LogP contribution in [0.1, 0.15) is 33.0 Å². The Bertz CT molecular complexity index is 1230. The lowest BCUT2D eigenvalue weighted by atomic mass is 10.1. The fourth-order valence-corrected chi connectivity index (χ4v) is 4.39. The van der Waals surface area contributed by atoms with E-state index in [-0.39, 0.29) is 11.8 Å². The van der Waals surface area contributed by atoms with Gasteiger partial charge >= 0.3 is 0 Å². The third-order valence-electron chi connectivity index (χ3n) is 5.20. The maximum atomic E-state index is 12.3. The van der Waals surface area contributed by atoms with Crippen molar-refractivity contribution in [2.45, 2.75) is 26.3 Å². The molecule has 0 saturated heterocycles. The molecule has 0 aliphatic rings.